The van der Waals surface area contributed by atoms with Gasteiger partial charge in [0.15, 0.2) is 0 Å². The lowest BCUT2D eigenvalue weighted by molar-refractivity contribution is -0.131. The van der Waals surface area contributed by atoms with Gasteiger partial charge in [0.2, 0.25) is 5.91 Å². The highest BCUT2D eigenvalue weighted by Crippen LogP contribution is 2.46. The van der Waals surface area contributed by atoms with E-state index in [1.807, 2.05) is 30.7 Å². The number of rotatable bonds is 3. The lowest BCUT2D eigenvalue weighted by Crippen LogP contribution is -2.38. The quantitative estimate of drug-likeness (QED) is 0.865. The summed E-state index contributed by atoms with van der Waals surface area (Å²) in [4.78, 5) is 26.0. The second-order valence-electron chi connectivity index (χ2n) is 7.65. The average Bonchev–Trinajstić information content (AvgIpc) is 3.35. The molecule has 1 atom stereocenters. The molecule has 1 amide bonds. The van der Waals surface area contributed by atoms with Crippen LogP contribution in [-0.2, 0) is 16.8 Å². The number of fused-ring (bicyclic) bond motifs is 2. The van der Waals surface area contributed by atoms with Gasteiger partial charge in [0, 0.05) is 50.7 Å². The first-order valence-electron chi connectivity index (χ1n) is 9.13. The Labute approximate surface area is 147 Å². The highest BCUT2D eigenvalue weighted by Gasteiger charge is 2.50. The van der Waals surface area contributed by atoms with Crippen LogP contribution in [0, 0.1) is 5.92 Å². The van der Waals surface area contributed by atoms with E-state index in [-0.39, 0.29) is 5.41 Å². The molecule has 5 nitrogen and oxygen atoms in total. The van der Waals surface area contributed by atoms with E-state index in [1.165, 1.54) is 16.9 Å². The van der Waals surface area contributed by atoms with Crippen LogP contribution in [0.3, 0.4) is 0 Å². The topological polar surface area (TPSA) is 49.3 Å². The Hall–Kier alpha value is -2.43. The minimum absolute atomic E-state index is 0.0106. The Morgan fingerprint density at radius 2 is 2.08 bits per heavy atom. The first-order chi connectivity index (χ1) is 12.3. The maximum absolute atomic E-state index is 12.5. The molecule has 0 radical (unpaired) electrons. The maximum Gasteiger partial charge on any atom is 0.225 e. The monoisotopic (exact) mass is 334 g/mol. The number of pyridine rings is 2. The smallest absolute Gasteiger partial charge is 0.225 e. The van der Waals surface area contributed by atoms with Crippen LogP contribution in [0.25, 0.3) is 0 Å². The molecule has 3 aliphatic rings. The molecule has 2 aliphatic heterocycles. The molecule has 2 fully saturated rings. The highest BCUT2D eigenvalue weighted by atomic mass is 16.2. The normalized spacial score (nSPS) is 24.8. The van der Waals surface area contributed by atoms with E-state index in [2.05, 4.69) is 26.9 Å². The molecule has 1 saturated heterocycles. The zero-order chi connectivity index (χ0) is 16.9. The molecule has 1 spiro atoms. The van der Waals surface area contributed by atoms with Crippen molar-refractivity contribution >= 4 is 11.6 Å². The van der Waals surface area contributed by atoms with Crippen molar-refractivity contribution in [2.45, 2.75) is 31.2 Å². The number of nitrogens with zero attached hydrogens (tertiary/aromatic N) is 4. The van der Waals surface area contributed by atoms with Gasteiger partial charge in [-0.15, -0.1) is 0 Å². The number of amides is 1. The molecule has 25 heavy (non-hydrogen) atoms. The molecule has 0 bridgehead atoms. The number of carbonyl (C=O) groups excluding carboxylic acids is 1. The van der Waals surface area contributed by atoms with Gasteiger partial charge in [-0.25, -0.2) is 0 Å². The van der Waals surface area contributed by atoms with Crippen molar-refractivity contribution in [3.63, 3.8) is 0 Å². The SMILES string of the molecule is O=C(C1CC1)N1CCC2(C1)CN(Cc1cccnc1)c1cccnc12. The molecule has 1 unspecified atom stereocenters. The van der Waals surface area contributed by atoms with Crippen molar-refractivity contribution in [1.29, 1.82) is 0 Å². The Kier molecular flexibility index (Phi) is 3.30. The van der Waals surface area contributed by atoms with Gasteiger partial charge in [0.05, 0.1) is 16.8 Å². The Balaban J connectivity index is 1.43. The Morgan fingerprint density at radius 1 is 1.20 bits per heavy atom. The van der Waals surface area contributed by atoms with Crippen LogP contribution in [0.2, 0.25) is 0 Å². The van der Waals surface area contributed by atoms with E-state index < -0.39 is 0 Å². The van der Waals surface area contributed by atoms with Crippen molar-refractivity contribution in [2.75, 3.05) is 24.5 Å². The fraction of sp³-hybridized carbons (Fsp3) is 0.450. The summed E-state index contributed by atoms with van der Waals surface area (Å²) >= 11 is 0. The number of likely N-dealkylation sites (tertiary alicyclic amines) is 1. The summed E-state index contributed by atoms with van der Waals surface area (Å²) in [5, 5.41) is 0. The van der Waals surface area contributed by atoms with Crippen LogP contribution < -0.4 is 4.90 Å². The first kappa shape index (κ1) is 14.9. The molecule has 4 heterocycles. The van der Waals surface area contributed by atoms with Crippen molar-refractivity contribution in [3.05, 3.63) is 54.1 Å². The van der Waals surface area contributed by atoms with Gasteiger partial charge >= 0.3 is 0 Å². The minimum atomic E-state index is -0.0106. The van der Waals surface area contributed by atoms with Gasteiger partial charge in [-0.05, 0) is 43.0 Å². The third kappa shape index (κ3) is 2.49. The van der Waals surface area contributed by atoms with Crippen LogP contribution in [0.4, 0.5) is 5.69 Å². The van der Waals surface area contributed by atoms with Gasteiger partial charge in [0.1, 0.15) is 0 Å². The largest absolute Gasteiger partial charge is 0.365 e. The summed E-state index contributed by atoms with van der Waals surface area (Å²) in [5.74, 6) is 0.659. The standard InChI is InChI=1S/C20H22N4O/c25-19(16-5-6-16)23-10-7-20(13-23)14-24(12-15-3-1-8-21-11-15)17-4-2-9-22-18(17)20/h1-4,8-9,11,16H,5-7,10,12-14H2. The summed E-state index contributed by atoms with van der Waals surface area (Å²) in [6.07, 6.45) is 8.79. The van der Waals surface area contributed by atoms with E-state index in [0.29, 0.717) is 11.8 Å². The van der Waals surface area contributed by atoms with Crippen molar-refractivity contribution in [3.8, 4) is 0 Å². The van der Waals surface area contributed by atoms with Crippen LogP contribution in [0.1, 0.15) is 30.5 Å². The molecule has 5 rings (SSSR count). The van der Waals surface area contributed by atoms with Gasteiger partial charge in [-0.1, -0.05) is 6.07 Å². The second kappa shape index (κ2) is 5.55. The highest BCUT2D eigenvalue weighted by molar-refractivity contribution is 5.81. The zero-order valence-corrected chi connectivity index (χ0v) is 14.3. The molecule has 2 aromatic heterocycles. The molecule has 128 valence electrons. The van der Waals surface area contributed by atoms with Gasteiger partial charge in [0.25, 0.3) is 0 Å². The second-order valence-corrected chi connectivity index (χ2v) is 7.65. The summed E-state index contributed by atoms with van der Waals surface area (Å²) in [6, 6.07) is 8.28. The average molecular weight is 334 g/mol. The summed E-state index contributed by atoms with van der Waals surface area (Å²) in [6.45, 7) is 3.45. The minimum Gasteiger partial charge on any atom is -0.365 e. The number of anilines is 1. The lowest BCUT2D eigenvalue weighted by atomic mass is 9.85. The fourth-order valence-corrected chi connectivity index (χ4v) is 4.41. The molecular weight excluding hydrogens is 312 g/mol. The van der Waals surface area contributed by atoms with Gasteiger partial charge < -0.3 is 9.80 Å². The van der Waals surface area contributed by atoms with E-state index in [4.69, 9.17) is 4.98 Å². The van der Waals surface area contributed by atoms with E-state index in [0.717, 1.165) is 45.4 Å². The van der Waals surface area contributed by atoms with E-state index >= 15 is 0 Å². The van der Waals surface area contributed by atoms with E-state index in [1.54, 1.807) is 0 Å². The molecule has 0 aromatic carbocycles. The van der Waals surface area contributed by atoms with E-state index in [9.17, 15) is 4.79 Å². The molecule has 5 heteroatoms. The van der Waals surface area contributed by atoms with Crippen molar-refractivity contribution in [2.24, 2.45) is 5.92 Å². The summed E-state index contributed by atoms with van der Waals surface area (Å²) in [5.41, 5.74) is 3.58. The maximum atomic E-state index is 12.5. The fourth-order valence-electron chi connectivity index (χ4n) is 4.41. The molecule has 1 saturated carbocycles. The molecular formula is C20H22N4O. The number of aromatic nitrogens is 2. The van der Waals surface area contributed by atoms with Gasteiger partial charge in [-0.2, -0.15) is 0 Å². The molecule has 1 aliphatic carbocycles. The van der Waals surface area contributed by atoms with Crippen LogP contribution in [0.5, 0.6) is 0 Å². The predicted molar refractivity (Wildman–Crippen MR) is 95.1 cm³/mol. The van der Waals surface area contributed by atoms with Crippen molar-refractivity contribution < 1.29 is 4.79 Å². The Bertz CT molecular complexity index is 804. The molecule has 0 N–H and O–H groups in total. The third-order valence-corrected chi connectivity index (χ3v) is 5.81. The third-order valence-electron chi connectivity index (χ3n) is 5.81. The number of hydrogen-bond acceptors (Lipinski definition) is 4. The lowest BCUT2D eigenvalue weighted by Gasteiger charge is -2.26. The van der Waals surface area contributed by atoms with Crippen LogP contribution >= 0.6 is 0 Å². The predicted octanol–water partition coefficient (Wildman–Crippen LogP) is 2.38. The Morgan fingerprint density at radius 3 is 2.88 bits per heavy atom. The van der Waals surface area contributed by atoms with Crippen molar-refractivity contribution in [1.82, 2.24) is 14.9 Å². The van der Waals surface area contributed by atoms with Crippen LogP contribution in [-0.4, -0.2) is 40.4 Å². The number of carbonyl (C=O) groups is 1. The number of hydrogen-bond donors (Lipinski definition) is 0. The summed E-state index contributed by atoms with van der Waals surface area (Å²) in [7, 11) is 0. The van der Waals surface area contributed by atoms with Crippen LogP contribution in [0.15, 0.2) is 42.9 Å². The first-order valence-corrected chi connectivity index (χ1v) is 9.13. The molecule has 2 aromatic rings. The summed E-state index contributed by atoms with van der Waals surface area (Å²) < 4.78 is 0. The van der Waals surface area contributed by atoms with Gasteiger partial charge in [-0.3, -0.25) is 14.8 Å². The zero-order valence-electron chi connectivity index (χ0n) is 14.3.